The first kappa shape index (κ1) is 15.8. The molecule has 1 rings (SSSR count). The van der Waals surface area contributed by atoms with Gasteiger partial charge in [-0.3, -0.25) is 0 Å². The molecule has 0 aliphatic carbocycles. The maximum absolute atomic E-state index is 8.84. The Morgan fingerprint density at radius 3 is 2.42 bits per heavy atom. The van der Waals surface area contributed by atoms with Crippen molar-refractivity contribution in [3.63, 3.8) is 0 Å². The van der Waals surface area contributed by atoms with E-state index in [0.717, 1.165) is 5.56 Å². The molecule has 5 heteroatoms. The molecule has 19 heavy (non-hydrogen) atoms. The molecule has 0 aliphatic rings. The van der Waals surface area contributed by atoms with Crippen LogP contribution in [0.3, 0.4) is 0 Å². The predicted octanol–water partition coefficient (Wildman–Crippen LogP) is 0.973. The van der Waals surface area contributed by atoms with Crippen LogP contribution in [0.2, 0.25) is 0 Å². The molecule has 0 spiro atoms. The Bertz CT molecular complexity index is 397. The fourth-order valence-electron chi connectivity index (χ4n) is 1.90. The van der Waals surface area contributed by atoms with Crippen LogP contribution >= 0.6 is 0 Å². The van der Waals surface area contributed by atoms with E-state index in [0.29, 0.717) is 24.5 Å². The Hall–Kier alpha value is -1.30. The summed E-state index contributed by atoms with van der Waals surface area (Å²) in [4.78, 5) is 0. The second-order valence-corrected chi connectivity index (χ2v) is 4.59. The summed E-state index contributed by atoms with van der Waals surface area (Å²) in [7, 11) is 3.21. The SMILES string of the molecule is COc1ccc(CC(C)(CN)OCCO)cc1OC. The number of aliphatic hydroxyl groups is 1. The summed E-state index contributed by atoms with van der Waals surface area (Å²) in [5.41, 5.74) is 6.31. The van der Waals surface area contributed by atoms with Crippen molar-refractivity contribution in [2.45, 2.75) is 18.9 Å². The van der Waals surface area contributed by atoms with Crippen LogP contribution in [0.1, 0.15) is 12.5 Å². The maximum atomic E-state index is 8.84. The smallest absolute Gasteiger partial charge is 0.160 e. The zero-order valence-electron chi connectivity index (χ0n) is 11.8. The largest absolute Gasteiger partial charge is 0.493 e. The molecule has 1 aromatic rings. The van der Waals surface area contributed by atoms with Gasteiger partial charge in [0.25, 0.3) is 0 Å². The number of aliphatic hydroxyl groups excluding tert-OH is 1. The lowest BCUT2D eigenvalue weighted by atomic mass is 9.96. The third kappa shape index (κ3) is 4.38. The Morgan fingerprint density at radius 1 is 1.21 bits per heavy atom. The van der Waals surface area contributed by atoms with Gasteiger partial charge >= 0.3 is 0 Å². The van der Waals surface area contributed by atoms with E-state index in [1.54, 1.807) is 14.2 Å². The Balaban J connectivity index is 2.85. The highest BCUT2D eigenvalue weighted by molar-refractivity contribution is 5.43. The summed E-state index contributed by atoms with van der Waals surface area (Å²) in [6.07, 6.45) is 0.643. The van der Waals surface area contributed by atoms with E-state index in [4.69, 9.17) is 25.1 Å². The van der Waals surface area contributed by atoms with Crippen LogP contribution in [0, 0.1) is 0 Å². The summed E-state index contributed by atoms with van der Waals surface area (Å²) < 4.78 is 16.1. The number of methoxy groups -OCH3 is 2. The van der Waals surface area contributed by atoms with Crippen molar-refractivity contribution in [3.8, 4) is 11.5 Å². The first-order valence-electron chi connectivity index (χ1n) is 6.24. The Kier molecular flexibility index (Phi) is 6.08. The molecule has 108 valence electrons. The van der Waals surface area contributed by atoms with Gasteiger partial charge in [-0.15, -0.1) is 0 Å². The zero-order chi connectivity index (χ0) is 14.3. The van der Waals surface area contributed by atoms with Gasteiger partial charge in [0.05, 0.1) is 33.0 Å². The zero-order valence-corrected chi connectivity index (χ0v) is 11.8. The van der Waals surface area contributed by atoms with E-state index in [-0.39, 0.29) is 13.2 Å². The van der Waals surface area contributed by atoms with Crippen molar-refractivity contribution >= 4 is 0 Å². The van der Waals surface area contributed by atoms with Gasteiger partial charge in [0, 0.05) is 13.0 Å². The number of nitrogens with two attached hydrogens (primary N) is 1. The third-order valence-corrected chi connectivity index (χ3v) is 3.00. The summed E-state index contributed by atoms with van der Waals surface area (Å²) in [5.74, 6) is 1.37. The maximum Gasteiger partial charge on any atom is 0.160 e. The van der Waals surface area contributed by atoms with Crippen LogP contribution in [0.25, 0.3) is 0 Å². The second kappa shape index (κ2) is 7.33. The molecule has 5 nitrogen and oxygen atoms in total. The van der Waals surface area contributed by atoms with Crippen molar-refractivity contribution in [2.75, 3.05) is 34.0 Å². The average Bonchev–Trinajstić information content (AvgIpc) is 2.45. The highest BCUT2D eigenvalue weighted by Gasteiger charge is 2.24. The van der Waals surface area contributed by atoms with Gasteiger partial charge in [0.2, 0.25) is 0 Å². The van der Waals surface area contributed by atoms with Gasteiger partial charge in [0.1, 0.15) is 0 Å². The standard InChI is InChI=1S/C14H23NO4/c1-14(10-15,19-7-6-16)9-11-4-5-12(17-2)13(8-11)18-3/h4-5,8,16H,6-7,9-10,15H2,1-3H3. The van der Waals surface area contributed by atoms with E-state index >= 15 is 0 Å². The average molecular weight is 269 g/mol. The van der Waals surface area contributed by atoms with Crippen LogP contribution in [-0.4, -0.2) is 44.7 Å². The molecule has 0 saturated carbocycles. The van der Waals surface area contributed by atoms with Gasteiger partial charge < -0.3 is 25.1 Å². The first-order valence-corrected chi connectivity index (χ1v) is 6.24. The molecule has 0 amide bonds. The van der Waals surface area contributed by atoms with Gasteiger partial charge in [-0.05, 0) is 24.6 Å². The fourth-order valence-corrected chi connectivity index (χ4v) is 1.90. The number of hydrogen-bond acceptors (Lipinski definition) is 5. The van der Waals surface area contributed by atoms with Crippen LogP contribution in [0.4, 0.5) is 0 Å². The van der Waals surface area contributed by atoms with Crippen molar-refractivity contribution < 1.29 is 19.3 Å². The molecule has 1 atom stereocenters. The number of hydrogen-bond donors (Lipinski definition) is 2. The summed E-state index contributed by atoms with van der Waals surface area (Å²) in [5, 5.41) is 8.84. The monoisotopic (exact) mass is 269 g/mol. The Morgan fingerprint density at radius 2 is 1.89 bits per heavy atom. The van der Waals surface area contributed by atoms with Gasteiger partial charge in [0.15, 0.2) is 11.5 Å². The van der Waals surface area contributed by atoms with Crippen molar-refractivity contribution in [2.24, 2.45) is 5.73 Å². The van der Waals surface area contributed by atoms with Crippen molar-refractivity contribution in [3.05, 3.63) is 23.8 Å². The lowest BCUT2D eigenvalue weighted by Gasteiger charge is -2.28. The third-order valence-electron chi connectivity index (χ3n) is 3.00. The molecule has 1 aromatic carbocycles. The van der Waals surface area contributed by atoms with Gasteiger partial charge in [-0.25, -0.2) is 0 Å². The van der Waals surface area contributed by atoms with Crippen LogP contribution in [0.5, 0.6) is 11.5 Å². The minimum Gasteiger partial charge on any atom is -0.493 e. The summed E-state index contributed by atoms with van der Waals surface area (Å²) in [6.45, 7) is 2.57. The molecule has 0 saturated heterocycles. The molecular weight excluding hydrogens is 246 g/mol. The van der Waals surface area contributed by atoms with Crippen molar-refractivity contribution in [1.29, 1.82) is 0 Å². The topological polar surface area (TPSA) is 73.9 Å². The second-order valence-electron chi connectivity index (χ2n) is 4.59. The highest BCUT2D eigenvalue weighted by atomic mass is 16.5. The quantitative estimate of drug-likeness (QED) is 0.735. The number of benzene rings is 1. The van der Waals surface area contributed by atoms with E-state index in [1.807, 2.05) is 25.1 Å². The van der Waals surface area contributed by atoms with Crippen LogP contribution in [-0.2, 0) is 11.2 Å². The van der Waals surface area contributed by atoms with E-state index < -0.39 is 5.60 Å². The van der Waals surface area contributed by atoms with Gasteiger partial charge in [-0.2, -0.15) is 0 Å². The molecule has 0 aromatic heterocycles. The number of rotatable bonds is 8. The van der Waals surface area contributed by atoms with E-state index in [1.165, 1.54) is 0 Å². The Labute approximate surface area is 114 Å². The molecule has 0 radical (unpaired) electrons. The van der Waals surface area contributed by atoms with E-state index in [2.05, 4.69) is 0 Å². The fraction of sp³-hybridized carbons (Fsp3) is 0.571. The van der Waals surface area contributed by atoms with Crippen molar-refractivity contribution in [1.82, 2.24) is 0 Å². The minimum atomic E-state index is -0.498. The minimum absolute atomic E-state index is 0.0124. The van der Waals surface area contributed by atoms with Gasteiger partial charge in [-0.1, -0.05) is 6.07 Å². The van der Waals surface area contributed by atoms with Crippen LogP contribution < -0.4 is 15.2 Å². The first-order chi connectivity index (χ1) is 9.08. The summed E-state index contributed by atoms with van der Waals surface area (Å²) >= 11 is 0. The predicted molar refractivity (Wildman–Crippen MR) is 73.7 cm³/mol. The molecule has 3 N–H and O–H groups in total. The lowest BCUT2D eigenvalue weighted by Crippen LogP contribution is -2.40. The summed E-state index contributed by atoms with van der Waals surface area (Å²) in [6, 6.07) is 5.73. The molecule has 0 bridgehead atoms. The normalized spacial score (nSPS) is 13.9. The molecule has 1 unspecified atom stereocenters. The molecule has 0 heterocycles. The molecule has 0 fully saturated rings. The highest BCUT2D eigenvalue weighted by Crippen LogP contribution is 2.29. The molecular formula is C14H23NO4. The van der Waals surface area contributed by atoms with Crippen LogP contribution in [0.15, 0.2) is 18.2 Å². The lowest BCUT2D eigenvalue weighted by molar-refractivity contribution is -0.0389. The number of ether oxygens (including phenoxy) is 3. The molecule has 0 aliphatic heterocycles. The van der Waals surface area contributed by atoms with E-state index in [9.17, 15) is 0 Å².